The lowest BCUT2D eigenvalue weighted by Crippen LogP contribution is -2.50. The average molecular weight is 326 g/mol. The summed E-state index contributed by atoms with van der Waals surface area (Å²) >= 11 is 0. The lowest BCUT2D eigenvalue weighted by Gasteiger charge is -2.35. The molecule has 126 valence electrons. The first-order valence-electron chi connectivity index (χ1n) is 8.12. The number of benzene rings is 1. The molecule has 0 aliphatic carbocycles. The quantitative estimate of drug-likeness (QED) is 0.858. The topological polar surface area (TPSA) is 58.6 Å². The molecule has 0 N–H and O–H groups in total. The Morgan fingerprint density at radius 3 is 2.46 bits per heavy atom. The van der Waals surface area contributed by atoms with Crippen LogP contribution in [0.1, 0.15) is 11.3 Å². The Hall–Kier alpha value is -2.63. The number of carbonyl (C=O) groups excluding carboxylic acids is 1. The van der Waals surface area contributed by atoms with E-state index in [2.05, 4.69) is 14.9 Å². The van der Waals surface area contributed by atoms with Crippen molar-refractivity contribution in [3.63, 3.8) is 0 Å². The van der Waals surface area contributed by atoms with Crippen LogP contribution in [-0.4, -0.2) is 53.6 Å². The molecular weight excluding hydrogens is 304 g/mol. The minimum Gasteiger partial charge on any atom is -0.484 e. The molecule has 2 aromatic rings. The summed E-state index contributed by atoms with van der Waals surface area (Å²) in [6, 6.07) is 9.69. The van der Waals surface area contributed by atoms with E-state index in [0.717, 1.165) is 30.4 Å². The van der Waals surface area contributed by atoms with Crippen molar-refractivity contribution in [1.82, 2.24) is 14.9 Å². The number of hydrogen-bond acceptors (Lipinski definition) is 5. The van der Waals surface area contributed by atoms with Crippen LogP contribution >= 0.6 is 0 Å². The first kappa shape index (κ1) is 16.2. The van der Waals surface area contributed by atoms with Crippen LogP contribution < -0.4 is 9.64 Å². The summed E-state index contributed by atoms with van der Waals surface area (Å²) in [6.45, 7) is 6.95. The number of nitrogens with zero attached hydrogens (tertiary/aromatic N) is 4. The molecule has 6 heteroatoms. The van der Waals surface area contributed by atoms with Gasteiger partial charge >= 0.3 is 0 Å². The third-order valence-corrected chi connectivity index (χ3v) is 4.13. The Kier molecular flexibility index (Phi) is 4.93. The van der Waals surface area contributed by atoms with Crippen LogP contribution in [0, 0.1) is 13.8 Å². The van der Waals surface area contributed by atoms with E-state index in [9.17, 15) is 4.79 Å². The van der Waals surface area contributed by atoms with Gasteiger partial charge in [0.25, 0.3) is 5.91 Å². The van der Waals surface area contributed by atoms with E-state index < -0.39 is 0 Å². The van der Waals surface area contributed by atoms with E-state index in [1.807, 2.05) is 49.1 Å². The van der Waals surface area contributed by atoms with Crippen molar-refractivity contribution >= 4 is 11.7 Å². The number of ether oxygens (including phenoxy) is 1. The number of rotatable bonds is 4. The van der Waals surface area contributed by atoms with Gasteiger partial charge in [0.05, 0.1) is 0 Å². The van der Waals surface area contributed by atoms with Gasteiger partial charge in [-0.05, 0) is 26.0 Å². The van der Waals surface area contributed by atoms with Gasteiger partial charge in [-0.25, -0.2) is 9.97 Å². The third-order valence-electron chi connectivity index (χ3n) is 4.13. The second kappa shape index (κ2) is 7.29. The zero-order valence-corrected chi connectivity index (χ0v) is 14.1. The van der Waals surface area contributed by atoms with Crippen LogP contribution in [0.5, 0.6) is 5.75 Å². The average Bonchev–Trinajstić information content (AvgIpc) is 2.61. The summed E-state index contributed by atoms with van der Waals surface area (Å²) in [6.07, 6.45) is 1.58. The lowest BCUT2D eigenvalue weighted by molar-refractivity contribution is -0.133. The molecule has 1 amide bonds. The van der Waals surface area contributed by atoms with E-state index in [4.69, 9.17) is 4.74 Å². The Morgan fingerprint density at radius 1 is 1.08 bits per heavy atom. The molecule has 0 spiro atoms. The van der Waals surface area contributed by atoms with Crippen LogP contribution in [-0.2, 0) is 4.79 Å². The fraction of sp³-hybridized carbons (Fsp3) is 0.389. The number of hydrogen-bond donors (Lipinski definition) is 0. The van der Waals surface area contributed by atoms with Crippen LogP contribution in [0.25, 0.3) is 0 Å². The van der Waals surface area contributed by atoms with Gasteiger partial charge in [-0.3, -0.25) is 4.79 Å². The van der Waals surface area contributed by atoms with E-state index in [1.165, 1.54) is 5.56 Å². The van der Waals surface area contributed by atoms with E-state index in [-0.39, 0.29) is 12.5 Å². The Morgan fingerprint density at radius 2 is 1.79 bits per heavy atom. The zero-order chi connectivity index (χ0) is 16.9. The summed E-state index contributed by atoms with van der Waals surface area (Å²) in [5.41, 5.74) is 2.12. The molecule has 1 fully saturated rings. The third kappa shape index (κ3) is 4.01. The number of aryl methyl sites for hydroxylation is 2. The summed E-state index contributed by atoms with van der Waals surface area (Å²) in [5.74, 6) is 1.67. The van der Waals surface area contributed by atoms with Crippen LogP contribution in [0.2, 0.25) is 0 Å². The molecule has 1 aromatic carbocycles. The Balaban J connectivity index is 1.49. The van der Waals surface area contributed by atoms with Crippen LogP contribution in [0.4, 0.5) is 5.82 Å². The van der Waals surface area contributed by atoms with Gasteiger partial charge in [0.1, 0.15) is 17.9 Å². The standard InChI is InChI=1S/C18H22N4O2/c1-14-3-5-16(6-4-14)24-12-18(23)22-9-7-21(8-10-22)17-11-15(2)19-13-20-17/h3-6,11,13H,7-10,12H2,1-2H3. The zero-order valence-electron chi connectivity index (χ0n) is 14.1. The highest BCUT2D eigenvalue weighted by Crippen LogP contribution is 2.15. The molecule has 1 aliphatic heterocycles. The van der Waals surface area contributed by atoms with Crippen molar-refractivity contribution in [3.8, 4) is 5.75 Å². The highest BCUT2D eigenvalue weighted by atomic mass is 16.5. The van der Waals surface area contributed by atoms with Crippen molar-refractivity contribution in [2.75, 3.05) is 37.7 Å². The van der Waals surface area contributed by atoms with Gasteiger partial charge in [0.15, 0.2) is 6.61 Å². The highest BCUT2D eigenvalue weighted by Gasteiger charge is 2.22. The minimum absolute atomic E-state index is 0.0223. The predicted molar refractivity (Wildman–Crippen MR) is 92.2 cm³/mol. The fourth-order valence-electron chi connectivity index (χ4n) is 2.67. The fourth-order valence-corrected chi connectivity index (χ4v) is 2.67. The molecule has 0 unspecified atom stereocenters. The maximum absolute atomic E-state index is 12.3. The lowest BCUT2D eigenvalue weighted by atomic mass is 10.2. The first-order chi connectivity index (χ1) is 11.6. The van der Waals surface area contributed by atoms with Crippen molar-refractivity contribution in [2.24, 2.45) is 0 Å². The molecule has 1 saturated heterocycles. The maximum Gasteiger partial charge on any atom is 0.260 e. The highest BCUT2D eigenvalue weighted by molar-refractivity contribution is 5.78. The predicted octanol–water partition coefficient (Wildman–Crippen LogP) is 1.82. The molecule has 0 saturated carbocycles. The molecule has 3 rings (SSSR count). The summed E-state index contributed by atoms with van der Waals surface area (Å²) in [7, 11) is 0. The van der Waals surface area contributed by atoms with Gasteiger partial charge in [-0.1, -0.05) is 17.7 Å². The van der Waals surface area contributed by atoms with E-state index in [1.54, 1.807) is 6.33 Å². The van der Waals surface area contributed by atoms with Crippen molar-refractivity contribution < 1.29 is 9.53 Å². The van der Waals surface area contributed by atoms with Gasteiger partial charge in [-0.2, -0.15) is 0 Å². The summed E-state index contributed by atoms with van der Waals surface area (Å²) in [4.78, 5) is 24.7. The van der Waals surface area contributed by atoms with Crippen molar-refractivity contribution in [2.45, 2.75) is 13.8 Å². The molecule has 1 aromatic heterocycles. The smallest absolute Gasteiger partial charge is 0.260 e. The SMILES string of the molecule is Cc1ccc(OCC(=O)N2CCN(c3cc(C)ncn3)CC2)cc1. The van der Waals surface area contributed by atoms with Crippen LogP contribution in [0.15, 0.2) is 36.7 Å². The molecule has 0 atom stereocenters. The monoisotopic (exact) mass is 326 g/mol. The minimum atomic E-state index is 0.0223. The largest absolute Gasteiger partial charge is 0.484 e. The van der Waals surface area contributed by atoms with Crippen LogP contribution in [0.3, 0.4) is 0 Å². The number of anilines is 1. The molecule has 0 radical (unpaired) electrons. The molecule has 2 heterocycles. The second-order valence-electron chi connectivity index (χ2n) is 5.99. The van der Waals surface area contributed by atoms with Gasteiger partial charge in [0, 0.05) is 37.9 Å². The Labute approximate surface area is 142 Å². The second-order valence-corrected chi connectivity index (χ2v) is 5.99. The van der Waals surface area contributed by atoms with Crippen molar-refractivity contribution in [3.05, 3.63) is 47.9 Å². The van der Waals surface area contributed by atoms with Crippen molar-refractivity contribution in [1.29, 1.82) is 0 Å². The molecule has 0 bridgehead atoms. The van der Waals surface area contributed by atoms with E-state index in [0.29, 0.717) is 13.1 Å². The molecule has 1 aliphatic rings. The molecular formula is C18H22N4O2. The first-order valence-corrected chi connectivity index (χ1v) is 8.12. The molecule has 24 heavy (non-hydrogen) atoms. The summed E-state index contributed by atoms with van der Waals surface area (Å²) < 4.78 is 5.58. The molecule has 6 nitrogen and oxygen atoms in total. The number of piperazine rings is 1. The van der Waals surface area contributed by atoms with Gasteiger partial charge < -0.3 is 14.5 Å². The number of carbonyl (C=O) groups is 1. The van der Waals surface area contributed by atoms with E-state index >= 15 is 0 Å². The van der Waals surface area contributed by atoms with Gasteiger partial charge in [-0.15, -0.1) is 0 Å². The number of amides is 1. The number of aromatic nitrogens is 2. The maximum atomic E-state index is 12.3. The Bertz CT molecular complexity index is 694. The van der Waals surface area contributed by atoms with Gasteiger partial charge in [0.2, 0.25) is 0 Å². The normalized spacial score (nSPS) is 14.6. The summed E-state index contributed by atoms with van der Waals surface area (Å²) in [5, 5.41) is 0.